The lowest BCUT2D eigenvalue weighted by Gasteiger charge is -2.11. The van der Waals surface area contributed by atoms with Crippen molar-refractivity contribution in [2.45, 2.75) is 0 Å². The van der Waals surface area contributed by atoms with Gasteiger partial charge in [-0.15, -0.1) is 0 Å². The first kappa shape index (κ1) is 26.7. The van der Waals surface area contributed by atoms with Crippen LogP contribution in [0.25, 0.3) is 0 Å². The number of amides is 2. The Morgan fingerprint density at radius 1 is 0.500 bits per heavy atom. The maximum absolute atomic E-state index is 11.4. The van der Waals surface area contributed by atoms with Gasteiger partial charge in [0.05, 0.1) is 13.1 Å². The topological polar surface area (TPSA) is 113 Å². The van der Waals surface area contributed by atoms with E-state index in [-0.39, 0.29) is 11.8 Å². The third kappa shape index (κ3) is 21.0. The fourth-order valence-corrected chi connectivity index (χ4v) is 2.30. The Morgan fingerprint density at radius 3 is 1.00 bits per heavy atom. The van der Waals surface area contributed by atoms with Gasteiger partial charge < -0.3 is 41.7 Å². The van der Waals surface area contributed by atoms with Gasteiger partial charge in [-0.25, -0.2) is 0 Å². The molecule has 10 nitrogen and oxygen atoms in total. The van der Waals surface area contributed by atoms with Gasteiger partial charge in [-0.3, -0.25) is 9.59 Å². The third-order valence-electron chi connectivity index (χ3n) is 3.60. The van der Waals surface area contributed by atoms with E-state index >= 15 is 0 Å². The van der Waals surface area contributed by atoms with Crippen molar-refractivity contribution in [3.05, 3.63) is 0 Å². The molecule has 0 saturated heterocycles. The van der Waals surface area contributed by atoms with Crippen molar-refractivity contribution in [2.75, 3.05) is 107 Å². The first-order valence-corrected chi connectivity index (χ1v) is 10.1. The van der Waals surface area contributed by atoms with Crippen LogP contribution in [-0.2, 0) is 9.59 Å². The highest BCUT2D eigenvalue weighted by Gasteiger charge is 2.01. The van der Waals surface area contributed by atoms with Gasteiger partial charge in [-0.1, -0.05) is 0 Å². The summed E-state index contributed by atoms with van der Waals surface area (Å²) in [6, 6.07) is 0. The normalized spacial score (nSPS) is 11.2. The standard InChI is InChI=1S/C18H42N8O2/c1-25(2)15-17(27)23-13-11-21-9-7-19-5-6-20-8-10-22-12-14-24-18(28)16-26(3)4/h19-22H,5-16H2,1-4H3,(H,23,27)(H,24,28). The molecule has 0 aliphatic rings. The molecule has 0 radical (unpaired) electrons. The predicted molar refractivity (Wildman–Crippen MR) is 115 cm³/mol. The number of hydrogen-bond acceptors (Lipinski definition) is 8. The van der Waals surface area contributed by atoms with Crippen LogP contribution in [0.15, 0.2) is 0 Å². The van der Waals surface area contributed by atoms with Crippen LogP contribution in [0.3, 0.4) is 0 Å². The van der Waals surface area contributed by atoms with Crippen LogP contribution >= 0.6 is 0 Å². The summed E-state index contributed by atoms with van der Waals surface area (Å²) in [5.41, 5.74) is 0. The highest BCUT2D eigenvalue weighted by Crippen LogP contribution is 1.74. The Morgan fingerprint density at radius 2 is 0.750 bits per heavy atom. The summed E-state index contributed by atoms with van der Waals surface area (Å²) in [4.78, 5) is 26.6. The van der Waals surface area contributed by atoms with Crippen LogP contribution in [0.2, 0.25) is 0 Å². The summed E-state index contributed by atoms with van der Waals surface area (Å²) in [6.45, 7) is 9.12. The Balaban J connectivity index is 3.16. The number of nitrogens with one attached hydrogen (secondary N) is 6. The van der Waals surface area contributed by atoms with Gasteiger partial charge in [0, 0.05) is 65.4 Å². The van der Waals surface area contributed by atoms with Gasteiger partial charge in [-0.05, 0) is 28.2 Å². The molecular weight excluding hydrogens is 360 g/mol. The van der Waals surface area contributed by atoms with Gasteiger partial charge in [0.15, 0.2) is 0 Å². The summed E-state index contributed by atoms with van der Waals surface area (Å²) in [7, 11) is 7.52. The molecule has 0 unspecified atom stereocenters. The molecule has 0 aromatic rings. The van der Waals surface area contributed by atoms with Crippen LogP contribution in [0, 0.1) is 0 Å². The average Bonchev–Trinajstić information content (AvgIpc) is 2.60. The second-order valence-corrected chi connectivity index (χ2v) is 7.18. The molecule has 0 fully saturated rings. The van der Waals surface area contributed by atoms with Crippen molar-refractivity contribution in [2.24, 2.45) is 0 Å². The zero-order valence-electron chi connectivity index (χ0n) is 18.2. The molecule has 6 N–H and O–H groups in total. The molecule has 0 saturated carbocycles. The number of hydrogen-bond donors (Lipinski definition) is 6. The largest absolute Gasteiger partial charge is 0.354 e. The van der Waals surface area contributed by atoms with E-state index in [0.29, 0.717) is 26.2 Å². The molecular formula is C18H42N8O2. The summed E-state index contributed by atoms with van der Waals surface area (Å²) < 4.78 is 0. The SMILES string of the molecule is CN(C)CC(=O)NCCNCCNCCNCCNCCNC(=O)CN(C)C. The predicted octanol–water partition coefficient (Wildman–Crippen LogP) is -3.30. The van der Waals surface area contributed by atoms with E-state index in [4.69, 9.17) is 0 Å². The van der Waals surface area contributed by atoms with Crippen molar-refractivity contribution in [3.63, 3.8) is 0 Å². The van der Waals surface area contributed by atoms with Crippen molar-refractivity contribution < 1.29 is 9.59 Å². The van der Waals surface area contributed by atoms with Crippen LogP contribution in [0.4, 0.5) is 0 Å². The monoisotopic (exact) mass is 402 g/mol. The summed E-state index contributed by atoms with van der Waals surface area (Å²) in [5.74, 6) is 0.110. The van der Waals surface area contributed by atoms with E-state index in [0.717, 1.165) is 52.4 Å². The van der Waals surface area contributed by atoms with E-state index in [1.807, 2.05) is 38.0 Å². The van der Waals surface area contributed by atoms with Crippen molar-refractivity contribution >= 4 is 11.8 Å². The van der Waals surface area contributed by atoms with E-state index in [2.05, 4.69) is 31.9 Å². The number of carbonyl (C=O) groups excluding carboxylic acids is 2. The number of nitrogens with zero attached hydrogens (tertiary/aromatic N) is 2. The van der Waals surface area contributed by atoms with Crippen molar-refractivity contribution in [3.8, 4) is 0 Å². The highest BCUT2D eigenvalue weighted by atomic mass is 16.2. The second kappa shape index (κ2) is 19.0. The molecule has 10 heteroatoms. The van der Waals surface area contributed by atoms with Crippen molar-refractivity contribution in [1.29, 1.82) is 0 Å². The summed E-state index contributed by atoms with van der Waals surface area (Å²) in [5, 5.41) is 19.0. The lowest BCUT2D eigenvalue weighted by Crippen LogP contribution is -2.40. The molecule has 0 aromatic heterocycles. The first-order chi connectivity index (χ1) is 13.4. The summed E-state index contributed by atoms with van der Waals surface area (Å²) >= 11 is 0. The van der Waals surface area contributed by atoms with E-state index in [1.54, 1.807) is 0 Å². The quantitative estimate of drug-likeness (QED) is 0.125. The molecule has 2 amide bonds. The van der Waals surface area contributed by atoms with Gasteiger partial charge in [0.1, 0.15) is 0 Å². The third-order valence-corrected chi connectivity index (χ3v) is 3.60. The molecule has 0 aliphatic heterocycles. The molecule has 0 atom stereocenters. The minimum atomic E-state index is 0.0552. The zero-order chi connectivity index (χ0) is 21.0. The fraction of sp³-hybridized carbons (Fsp3) is 0.889. The molecule has 28 heavy (non-hydrogen) atoms. The molecule has 0 bridgehead atoms. The van der Waals surface area contributed by atoms with Crippen LogP contribution in [0.1, 0.15) is 0 Å². The molecule has 0 rings (SSSR count). The lowest BCUT2D eigenvalue weighted by atomic mass is 10.5. The summed E-state index contributed by atoms with van der Waals surface area (Å²) in [6.07, 6.45) is 0. The van der Waals surface area contributed by atoms with Crippen molar-refractivity contribution in [1.82, 2.24) is 41.7 Å². The molecule has 0 aromatic carbocycles. The van der Waals surface area contributed by atoms with Gasteiger partial charge in [0.2, 0.25) is 11.8 Å². The van der Waals surface area contributed by atoms with Crippen LogP contribution < -0.4 is 31.9 Å². The van der Waals surface area contributed by atoms with E-state index in [1.165, 1.54) is 0 Å². The highest BCUT2D eigenvalue weighted by molar-refractivity contribution is 5.78. The lowest BCUT2D eigenvalue weighted by molar-refractivity contribution is -0.122. The van der Waals surface area contributed by atoms with Gasteiger partial charge in [-0.2, -0.15) is 0 Å². The van der Waals surface area contributed by atoms with Crippen LogP contribution in [0.5, 0.6) is 0 Å². The Hall–Kier alpha value is -1.30. The number of rotatable bonds is 19. The Bertz CT molecular complexity index is 358. The molecule has 0 heterocycles. The minimum Gasteiger partial charge on any atom is -0.354 e. The average molecular weight is 403 g/mol. The minimum absolute atomic E-state index is 0.0552. The van der Waals surface area contributed by atoms with Gasteiger partial charge in [0.25, 0.3) is 0 Å². The molecule has 0 spiro atoms. The fourth-order valence-electron chi connectivity index (χ4n) is 2.30. The van der Waals surface area contributed by atoms with E-state index < -0.39 is 0 Å². The molecule has 0 aliphatic carbocycles. The Kier molecular flexibility index (Phi) is 18.2. The Labute approximate surface area is 170 Å². The maximum Gasteiger partial charge on any atom is 0.234 e. The van der Waals surface area contributed by atoms with Gasteiger partial charge >= 0.3 is 0 Å². The molecule has 166 valence electrons. The second-order valence-electron chi connectivity index (χ2n) is 7.18. The zero-order valence-corrected chi connectivity index (χ0v) is 18.2. The number of likely N-dealkylation sites (N-methyl/N-ethyl adjacent to an activating group) is 2. The smallest absolute Gasteiger partial charge is 0.234 e. The number of carbonyl (C=O) groups is 2. The van der Waals surface area contributed by atoms with Crippen LogP contribution in [-0.4, -0.2) is 128 Å². The maximum atomic E-state index is 11.4. The first-order valence-electron chi connectivity index (χ1n) is 10.1. The van der Waals surface area contributed by atoms with E-state index in [9.17, 15) is 9.59 Å².